The highest BCUT2D eigenvalue weighted by atomic mass is 19.4. The number of alkyl halides is 3. The van der Waals surface area contributed by atoms with Gasteiger partial charge in [0.2, 0.25) is 0 Å². The third kappa shape index (κ3) is 5.12. The van der Waals surface area contributed by atoms with E-state index in [1.54, 1.807) is 11.8 Å². The molecule has 178 valence electrons. The van der Waals surface area contributed by atoms with Gasteiger partial charge in [-0.25, -0.2) is 4.79 Å². The van der Waals surface area contributed by atoms with Crippen molar-refractivity contribution >= 4 is 17.6 Å². The lowest BCUT2D eigenvalue weighted by molar-refractivity contribution is -0.389. The summed E-state index contributed by atoms with van der Waals surface area (Å²) in [6, 6.07) is 4.98. The first-order chi connectivity index (χ1) is 15.5. The summed E-state index contributed by atoms with van der Waals surface area (Å²) in [6.45, 7) is 2.80. The first kappa shape index (κ1) is 22.7. The maximum absolute atomic E-state index is 12.7. The molecule has 1 N–H and O–H groups in total. The van der Waals surface area contributed by atoms with Crippen molar-refractivity contribution in [1.82, 2.24) is 14.5 Å². The van der Waals surface area contributed by atoms with Crippen molar-refractivity contribution in [3.63, 3.8) is 0 Å². The molecular weight excluding hydrogens is 447 g/mol. The molecule has 1 fully saturated rings. The number of halogens is 3. The zero-order chi connectivity index (χ0) is 23.8. The normalized spacial score (nSPS) is 20.8. The number of hydrogen-bond donors (Lipinski definition) is 1. The number of amides is 1. The Kier molecular flexibility index (Phi) is 5.80. The Labute approximate surface area is 186 Å². The van der Waals surface area contributed by atoms with Crippen LogP contribution in [0.1, 0.15) is 25.3 Å². The van der Waals surface area contributed by atoms with Gasteiger partial charge < -0.3 is 29.8 Å². The predicted octanol–water partition coefficient (Wildman–Crippen LogP) is 3.67. The molecule has 0 aliphatic carbocycles. The van der Waals surface area contributed by atoms with E-state index in [1.807, 2.05) is 0 Å². The van der Waals surface area contributed by atoms with Crippen molar-refractivity contribution in [2.75, 3.05) is 25.0 Å². The van der Waals surface area contributed by atoms with Crippen LogP contribution >= 0.6 is 0 Å². The number of carbonyl (C=O) groups excluding carboxylic acids is 1. The van der Waals surface area contributed by atoms with Crippen molar-refractivity contribution in [1.29, 1.82) is 0 Å². The Balaban J connectivity index is 1.22. The van der Waals surface area contributed by atoms with Crippen LogP contribution in [0, 0.1) is 10.1 Å². The number of piperidine rings is 1. The van der Waals surface area contributed by atoms with Gasteiger partial charge in [-0.1, -0.05) is 0 Å². The molecule has 0 saturated carbocycles. The molecule has 2 aromatic rings. The lowest BCUT2D eigenvalue weighted by Crippen LogP contribution is -2.45. The number of ether oxygens (including phenoxy) is 2. The fourth-order valence-electron chi connectivity index (χ4n) is 3.86. The summed E-state index contributed by atoms with van der Waals surface area (Å²) in [6.07, 6.45) is -2.37. The largest absolute Gasteiger partial charge is 0.445 e. The Morgan fingerprint density at radius 2 is 2.00 bits per heavy atom. The second-order valence-corrected chi connectivity index (χ2v) is 8.35. The van der Waals surface area contributed by atoms with Gasteiger partial charge in [-0.05, 0) is 49.0 Å². The van der Waals surface area contributed by atoms with Crippen LogP contribution < -0.4 is 10.1 Å². The Morgan fingerprint density at radius 1 is 1.33 bits per heavy atom. The number of fused-ring (bicyclic) bond motifs is 1. The number of hydrogen-bond acceptors (Lipinski definition) is 7. The van der Waals surface area contributed by atoms with Crippen molar-refractivity contribution in [3.05, 3.63) is 46.1 Å². The number of aromatic nitrogens is 2. The van der Waals surface area contributed by atoms with Crippen LogP contribution in [0.4, 0.5) is 29.5 Å². The van der Waals surface area contributed by atoms with E-state index in [0.717, 1.165) is 12.1 Å². The molecule has 1 saturated heterocycles. The van der Waals surface area contributed by atoms with Crippen LogP contribution in [0.5, 0.6) is 6.01 Å². The van der Waals surface area contributed by atoms with Crippen molar-refractivity contribution in [2.24, 2.45) is 0 Å². The van der Waals surface area contributed by atoms with Crippen molar-refractivity contribution < 1.29 is 32.4 Å². The second kappa shape index (κ2) is 8.45. The summed E-state index contributed by atoms with van der Waals surface area (Å²) in [5.41, 5.74) is -0.990. The highest BCUT2D eigenvalue weighted by Gasteiger charge is 2.42. The minimum Gasteiger partial charge on any atom is -0.445 e. The first-order valence-electron chi connectivity index (χ1n) is 10.3. The smallest absolute Gasteiger partial charge is 0.416 e. The number of nitrogens with one attached hydrogen (secondary N) is 1. The van der Waals surface area contributed by atoms with Crippen LogP contribution in [0.25, 0.3) is 0 Å². The zero-order valence-electron chi connectivity index (χ0n) is 17.7. The predicted molar refractivity (Wildman–Crippen MR) is 109 cm³/mol. The van der Waals surface area contributed by atoms with Gasteiger partial charge in [0.15, 0.2) is 5.60 Å². The molecule has 10 nitrogen and oxygen atoms in total. The monoisotopic (exact) mass is 469 g/mol. The molecule has 4 rings (SSSR count). The number of rotatable bonds is 5. The second-order valence-electron chi connectivity index (χ2n) is 8.35. The molecule has 0 radical (unpaired) electrons. The van der Waals surface area contributed by atoms with E-state index < -0.39 is 28.4 Å². The van der Waals surface area contributed by atoms with Gasteiger partial charge in [-0.2, -0.15) is 13.2 Å². The number of nitrogens with zero attached hydrogens (tertiary/aromatic N) is 4. The summed E-state index contributed by atoms with van der Waals surface area (Å²) >= 11 is 0. The molecule has 3 heterocycles. The van der Waals surface area contributed by atoms with Crippen LogP contribution in [0.2, 0.25) is 0 Å². The molecule has 33 heavy (non-hydrogen) atoms. The van der Waals surface area contributed by atoms with Crippen molar-refractivity contribution in [2.45, 2.75) is 44.1 Å². The Bertz CT molecular complexity index is 1010. The summed E-state index contributed by atoms with van der Waals surface area (Å²) < 4.78 is 50.6. The summed E-state index contributed by atoms with van der Waals surface area (Å²) in [7, 11) is 0. The number of carbonyl (C=O) groups is 1. The van der Waals surface area contributed by atoms with E-state index in [0.29, 0.717) is 31.6 Å². The van der Waals surface area contributed by atoms with Gasteiger partial charge >= 0.3 is 24.1 Å². The molecule has 1 unspecified atom stereocenters. The van der Waals surface area contributed by atoms with Gasteiger partial charge in [-0.3, -0.25) is 4.57 Å². The van der Waals surface area contributed by atoms with E-state index >= 15 is 0 Å². The maximum Gasteiger partial charge on any atom is 0.416 e. The quantitative estimate of drug-likeness (QED) is 0.525. The number of anilines is 1. The molecule has 1 aromatic carbocycles. The van der Waals surface area contributed by atoms with E-state index in [4.69, 9.17) is 9.47 Å². The minimum absolute atomic E-state index is 0.0224. The SMILES string of the molecule is CC1(COC(=O)N2CCC(Nc3ccc(C(F)(F)F)cc3)CC2)Cn2cc([N+](=O)[O-])nc2O1. The maximum atomic E-state index is 12.7. The third-order valence-electron chi connectivity index (χ3n) is 5.59. The van der Waals surface area contributed by atoms with E-state index in [2.05, 4.69) is 10.3 Å². The lowest BCUT2D eigenvalue weighted by Gasteiger charge is -2.33. The highest BCUT2D eigenvalue weighted by molar-refractivity contribution is 5.67. The van der Waals surface area contributed by atoms with Gasteiger partial charge in [0.1, 0.15) is 12.8 Å². The molecule has 1 aromatic heterocycles. The fraction of sp³-hybridized carbons (Fsp3) is 0.500. The summed E-state index contributed by atoms with van der Waals surface area (Å²) in [5, 5.41) is 14.0. The number of imidazole rings is 1. The topological polar surface area (TPSA) is 112 Å². The molecule has 0 bridgehead atoms. The van der Waals surface area contributed by atoms with Crippen LogP contribution in [-0.4, -0.2) is 56.8 Å². The standard InChI is InChI=1S/C20H22F3N5O5/c1-19(11-27-10-16(28(30)31)25-17(27)33-19)12-32-18(29)26-8-6-15(7-9-26)24-14-4-2-13(3-5-14)20(21,22)23/h2-5,10,15,24H,6-9,11-12H2,1H3. The average Bonchev–Trinajstić information content (AvgIpc) is 3.28. The van der Waals surface area contributed by atoms with E-state index in [-0.39, 0.29) is 31.0 Å². The minimum atomic E-state index is -4.37. The number of benzene rings is 1. The molecule has 1 atom stereocenters. The fourth-order valence-corrected chi connectivity index (χ4v) is 3.86. The molecule has 2 aliphatic rings. The first-order valence-corrected chi connectivity index (χ1v) is 10.3. The molecule has 0 spiro atoms. The zero-order valence-corrected chi connectivity index (χ0v) is 17.7. The summed E-state index contributed by atoms with van der Waals surface area (Å²) in [5.74, 6) is -0.308. The highest BCUT2D eigenvalue weighted by Crippen LogP contribution is 2.32. The summed E-state index contributed by atoms with van der Waals surface area (Å²) in [4.78, 5) is 28.0. The lowest BCUT2D eigenvalue weighted by atomic mass is 10.0. The molecule has 1 amide bonds. The molecule has 13 heteroatoms. The van der Waals surface area contributed by atoms with Crippen LogP contribution in [0.3, 0.4) is 0 Å². The van der Waals surface area contributed by atoms with E-state index in [9.17, 15) is 28.1 Å². The van der Waals surface area contributed by atoms with Gasteiger partial charge in [0.05, 0.1) is 12.1 Å². The molecular formula is C20H22F3N5O5. The number of nitro groups is 1. The van der Waals surface area contributed by atoms with Crippen LogP contribution in [-0.2, 0) is 17.5 Å². The van der Waals surface area contributed by atoms with Gasteiger partial charge in [-0.15, -0.1) is 0 Å². The third-order valence-corrected chi connectivity index (χ3v) is 5.59. The van der Waals surface area contributed by atoms with E-state index in [1.165, 1.54) is 22.9 Å². The Morgan fingerprint density at radius 3 is 2.58 bits per heavy atom. The Hall–Kier alpha value is -3.51. The van der Waals surface area contributed by atoms with Crippen molar-refractivity contribution in [3.8, 4) is 6.01 Å². The van der Waals surface area contributed by atoms with Gasteiger partial charge in [0, 0.05) is 29.8 Å². The van der Waals surface area contributed by atoms with Gasteiger partial charge in [0.25, 0.3) is 0 Å². The molecule has 2 aliphatic heterocycles. The van der Waals surface area contributed by atoms with Crippen LogP contribution in [0.15, 0.2) is 30.5 Å². The number of likely N-dealkylation sites (tertiary alicyclic amines) is 1. The average molecular weight is 469 g/mol.